The second-order valence-corrected chi connectivity index (χ2v) is 10.5. The van der Waals surface area contributed by atoms with Crippen LogP contribution >= 0.6 is 47.2 Å². The van der Waals surface area contributed by atoms with Gasteiger partial charge in [0.2, 0.25) is 0 Å². The van der Waals surface area contributed by atoms with Crippen LogP contribution in [-0.4, -0.2) is 36.0 Å². The number of hydrogen-bond donors (Lipinski definition) is 1. The van der Waals surface area contributed by atoms with E-state index in [0.29, 0.717) is 55.9 Å². The average molecular weight is 604 g/mol. The van der Waals surface area contributed by atoms with Crippen LogP contribution in [-0.2, 0) is 9.59 Å². The van der Waals surface area contributed by atoms with Gasteiger partial charge in [-0.3, -0.25) is 14.5 Å². The largest absolute Gasteiger partial charge is 0.494 e. The van der Waals surface area contributed by atoms with Gasteiger partial charge >= 0.3 is 0 Å². The number of halogens is 2. The fourth-order valence-corrected chi connectivity index (χ4v) is 5.28. The zero-order valence-corrected chi connectivity index (χ0v) is 24.2. The molecule has 1 heterocycles. The Labute approximate surface area is 246 Å². The Morgan fingerprint density at radius 2 is 1.74 bits per heavy atom. The number of nitrogens with zero attached hydrogens (tertiary/aromatic N) is 1. The second-order valence-electron chi connectivity index (χ2n) is 8.02. The topological polar surface area (TPSA) is 77.1 Å². The van der Waals surface area contributed by atoms with Crippen molar-refractivity contribution in [2.45, 2.75) is 13.8 Å². The van der Waals surface area contributed by atoms with Crippen molar-refractivity contribution in [1.82, 2.24) is 0 Å². The summed E-state index contributed by atoms with van der Waals surface area (Å²) in [6.45, 7) is 4.41. The molecule has 4 rings (SSSR count). The molecule has 2 amide bonds. The maximum absolute atomic E-state index is 13.2. The molecule has 0 spiro atoms. The molecule has 0 saturated carbocycles. The smallest absolute Gasteiger partial charge is 0.270 e. The van der Waals surface area contributed by atoms with Crippen molar-refractivity contribution < 1.29 is 23.8 Å². The Morgan fingerprint density at radius 3 is 2.46 bits per heavy atom. The number of thioether (sulfide) groups is 1. The van der Waals surface area contributed by atoms with Gasteiger partial charge < -0.3 is 19.5 Å². The van der Waals surface area contributed by atoms with E-state index < -0.39 is 5.91 Å². The minimum absolute atomic E-state index is 0.219. The molecule has 0 unspecified atom stereocenters. The highest BCUT2D eigenvalue weighted by Crippen LogP contribution is 2.38. The lowest BCUT2D eigenvalue weighted by Crippen LogP contribution is -2.27. The van der Waals surface area contributed by atoms with E-state index in [1.165, 1.54) is 16.7 Å². The molecule has 11 heteroatoms. The van der Waals surface area contributed by atoms with Gasteiger partial charge in [0, 0.05) is 0 Å². The van der Waals surface area contributed by atoms with Crippen molar-refractivity contribution in [2.24, 2.45) is 0 Å². The average Bonchev–Trinajstić information content (AvgIpc) is 3.19. The first-order valence-corrected chi connectivity index (χ1v) is 13.9. The standard InChI is InChI=1S/C28H24Cl2N2O5S2/c1-3-35-19-11-9-18(10-12-19)32-27(34)24(39-28(32)38)15-17-8-13-22(23(14-17)36-4-2)37-16-25(33)31-21-7-5-6-20(29)26(21)30/h5-15H,3-4,16H2,1-2H3,(H,31,33)/b24-15-. The number of hydrogen-bond acceptors (Lipinski definition) is 7. The van der Waals surface area contributed by atoms with Crippen molar-refractivity contribution in [3.8, 4) is 17.2 Å². The molecule has 0 bridgehead atoms. The van der Waals surface area contributed by atoms with Crippen LogP contribution in [0.4, 0.5) is 11.4 Å². The number of thiocarbonyl (C=S) groups is 1. The molecule has 0 radical (unpaired) electrons. The molecule has 0 aromatic heterocycles. The summed E-state index contributed by atoms with van der Waals surface area (Å²) in [6, 6.07) is 17.4. The summed E-state index contributed by atoms with van der Waals surface area (Å²) in [4.78, 5) is 27.6. The lowest BCUT2D eigenvalue weighted by Gasteiger charge is -2.15. The summed E-state index contributed by atoms with van der Waals surface area (Å²) in [5.41, 5.74) is 1.77. The van der Waals surface area contributed by atoms with Crippen LogP contribution in [0.3, 0.4) is 0 Å². The van der Waals surface area contributed by atoms with Crippen LogP contribution in [0.2, 0.25) is 10.0 Å². The fraction of sp³-hybridized carbons (Fsp3) is 0.179. The number of amides is 2. The molecule has 1 aliphatic heterocycles. The normalized spacial score (nSPS) is 14.1. The summed E-state index contributed by atoms with van der Waals surface area (Å²) >= 11 is 18.8. The van der Waals surface area contributed by atoms with E-state index in [9.17, 15) is 9.59 Å². The van der Waals surface area contributed by atoms with Gasteiger partial charge in [0.05, 0.1) is 39.5 Å². The Morgan fingerprint density at radius 1 is 1.00 bits per heavy atom. The maximum atomic E-state index is 13.2. The quantitative estimate of drug-likeness (QED) is 0.194. The molecule has 202 valence electrons. The minimum Gasteiger partial charge on any atom is -0.494 e. The van der Waals surface area contributed by atoms with E-state index in [-0.39, 0.29) is 17.5 Å². The molecule has 1 saturated heterocycles. The molecule has 0 aliphatic carbocycles. The maximum Gasteiger partial charge on any atom is 0.270 e. The van der Waals surface area contributed by atoms with Crippen molar-refractivity contribution in [2.75, 3.05) is 30.0 Å². The van der Waals surface area contributed by atoms with Crippen LogP contribution in [0.15, 0.2) is 65.6 Å². The first-order valence-electron chi connectivity index (χ1n) is 11.9. The second kappa shape index (κ2) is 13.2. The summed E-state index contributed by atoms with van der Waals surface area (Å²) in [5.74, 6) is 0.899. The monoisotopic (exact) mass is 602 g/mol. The molecule has 1 aliphatic rings. The van der Waals surface area contributed by atoms with Gasteiger partial charge in [-0.25, -0.2) is 0 Å². The van der Waals surface area contributed by atoms with Crippen LogP contribution < -0.4 is 24.4 Å². The van der Waals surface area contributed by atoms with E-state index in [1.807, 2.05) is 13.8 Å². The van der Waals surface area contributed by atoms with Gasteiger partial charge in [0.1, 0.15) is 5.75 Å². The highest BCUT2D eigenvalue weighted by Gasteiger charge is 2.33. The fourth-order valence-electron chi connectivity index (χ4n) is 3.63. The van der Waals surface area contributed by atoms with E-state index in [4.69, 9.17) is 49.6 Å². The van der Waals surface area contributed by atoms with Crippen molar-refractivity contribution in [3.05, 3.63) is 81.2 Å². The Balaban J connectivity index is 1.46. The SMILES string of the molecule is CCOc1ccc(N2C(=O)/C(=C/c3ccc(OCC(=O)Nc4cccc(Cl)c4Cl)c(OCC)c3)SC2=S)cc1. The van der Waals surface area contributed by atoms with Crippen LogP contribution in [0.25, 0.3) is 6.08 Å². The molecular weight excluding hydrogens is 579 g/mol. The molecular formula is C28H24Cl2N2O5S2. The zero-order chi connectivity index (χ0) is 27.9. The molecule has 3 aromatic carbocycles. The molecule has 39 heavy (non-hydrogen) atoms. The van der Waals surface area contributed by atoms with E-state index >= 15 is 0 Å². The van der Waals surface area contributed by atoms with Crippen LogP contribution in [0, 0.1) is 0 Å². The number of ether oxygens (including phenoxy) is 3. The van der Waals surface area contributed by atoms with Gasteiger partial charge in [0.15, 0.2) is 22.4 Å². The van der Waals surface area contributed by atoms with Crippen LogP contribution in [0.1, 0.15) is 19.4 Å². The third-order valence-electron chi connectivity index (χ3n) is 5.35. The number of nitrogens with one attached hydrogen (secondary N) is 1. The Hall–Kier alpha value is -3.24. The van der Waals surface area contributed by atoms with Gasteiger partial charge in [-0.1, -0.05) is 59.3 Å². The number of carbonyl (C=O) groups excluding carboxylic acids is 2. The molecule has 1 N–H and O–H groups in total. The van der Waals surface area contributed by atoms with Gasteiger partial charge in [0.25, 0.3) is 11.8 Å². The summed E-state index contributed by atoms with van der Waals surface area (Å²) in [7, 11) is 0. The first kappa shape index (κ1) is 28.8. The van der Waals surface area contributed by atoms with Crippen molar-refractivity contribution in [3.63, 3.8) is 0 Å². The van der Waals surface area contributed by atoms with Gasteiger partial charge in [-0.05, 0) is 74.0 Å². The summed E-state index contributed by atoms with van der Waals surface area (Å²) < 4.78 is 17.4. The lowest BCUT2D eigenvalue weighted by molar-refractivity contribution is -0.118. The van der Waals surface area contributed by atoms with E-state index in [0.717, 1.165) is 5.75 Å². The van der Waals surface area contributed by atoms with E-state index in [1.54, 1.807) is 66.7 Å². The van der Waals surface area contributed by atoms with Gasteiger partial charge in [-0.2, -0.15) is 0 Å². The number of carbonyl (C=O) groups is 2. The molecule has 3 aromatic rings. The predicted molar refractivity (Wildman–Crippen MR) is 161 cm³/mol. The third kappa shape index (κ3) is 7.05. The summed E-state index contributed by atoms with van der Waals surface area (Å²) in [5, 5.41) is 3.26. The van der Waals surface area contributed by atoms with Gasteiger partial charge in [-0.15, -0.1) is 0 Å². The van der Waals surface area contributed by atoms with Crippen molar-refractivity contribution >= 4 is 80.8 Å². The first-order chi connectivity index (χ1) is 18.8. The molecule has 1 fully saturated rings. The zero-order valence-electron chi connectivity index (χ0n) is 21.0. The van der Waals surface area contributed by atoms with Crippen LogP contribution in [0.5, 0.6) is 17.2 Å². The molecule has 7 nitrogen and oxygen atoms in total. The summed E-state index contributed by atoms with van der Waals surface area (Å²) in [6.07, 6.45) is 1.74. The number of benzene rings is 3. The van der Waals surface area contributed by atoms with Crippen molar-refractivity contribution in [1.29, 1.82) is 0 Å². The third-order valence-corrected chi connectivity index (χ3v) is 7.47. The predicted octanol–water partition coefficient (Wildman–Crippen LogP) is 7.21. The Bertz CT molecular complexity index is 1430. The Kier molecular flexibility index (Phi) is 9.74. The highest BCUT2D eigenvalue weighted by atomic mass is 35.5. The number of rotatable bonds is 10. The molecule has 0 atom stereocenters. The highest BCUT2D eigenvalue weighted by molar-refractivity contribution is 8.27. The minimum atomic E-state index is -0.413. The van der Waals surface area contributed by atoms with E-state index in [2.05, 4.69) is 5.32 Å². The number of anilines is 2. The lowest BCUT2D eigenvalue weighted by atomic mass is 10.1.